The molecule has 0 spiro atoms. The molecule has 0 unspecified atom stereocenters. The van der Waals surface area contributed by atoms with E-state index in [0.717, 1.165) is 0 Å². The van der Waals surface area contributed by atoms with E-state index in [1.807, 2.05) is 0 Å². The second kappa shape index (κ2) is 5.61. The molecule has 0 saturated carbocycles. The highest BCUT2D eigenvalue weighted by molar-refractivity contribution is 5.16. The van der Waals surface area contributed by atoms with E-state index in [1.165, 1.54) is 18.4 Å². The molecule has 0 aromatic heterocycles. The number of rotatable bonds is 3. The Morgan fingerprint density at radius 2 is 2.00 bits per heavy atom. The molecule has 0 N–H and O–H groups in total. The lowest BCUT2D eigenvalue weighted by Crippen LogP contribution is -1.74. The first-order chi connectivity index (χ1) is 4.35. The third kappa shape index (κ3) is 4.01. The van der Waals surface area contributed by atoms with E-state index in [1.54, 1.807) is 0 Å². The van der Waals surface area contributed by atoms with Crippen molar-refractivity contribution < 1.29 is 0 Å². The quantitative estimate of drug-likeness (QED) is 0.506. The number of hydrogen-bond donors (Lipinski definition) is 0. The highest BCUT2D eigenvalue weighted by Gasteiger charge is 1.84. The Morgan fingerprint density at radius 3 is 2.33 bits per heavy atom. The largest absolute Gasteiger partial charge is 0.0874 e. The minimum atomic E-state index is 1.21. The maximum absolute atomic E-state index is 2.20. The van der Waals surface area contributed by atoms with Gasteiger partial charge in [0, 0.05) is 0 Å². The molecule has 0 aliphatic heterocycles. The van der Waals surface area contributed by atoms with Crippen molar-refractivity contribution in [2.24, 2.45) is 0 Å². The van der Waals surface area contributed by atoms with E-state index >= 15 is 0 Å². The molecule has 0 radical (unpaired) electrons. The molecule has 0 aromatic rings. The molecule has 52 valence electrons. The molecule has 9 heavy (non-hydrogen) atoms. The van der Waals surface area contributed by atoms with Gasteiger partial charge in [-0.25, -0.2) is 0 Å². The van der Waals surface area contributed by atoms with E-state index in [9.17, 15) is 0 Å². The minimum absolute atomic E-state index is 1.21. The van der Waals surface area contributed by atoms with E-state index in [2.05, 4.69) is 39.0 Å². The Labute approximate surface area is 58.3 Å². The molecule has 0 nitrogen and oxygen atoms in total. The van der Waals surface area contributed by atoms with E-state index in [0.29, 0.717) is 0 Å². The SMILES string of the molecule is C/C=C\C(=C\C)CCC. The molecule has 0 bridgehead atoms. The highest BCUT2D eigenvalue weighted by atomic mass is 13.9. The predicted octanol–water partition coefficient (Wildman–Crippen LogP) is 3.31. The van der Waals surface area contributed by atoms with Crippen LogP contribution in [0.15, 0.2) is 23.8 Å². The van der Waals surface area contributed by atoms with Gasteiger partial charge in [0.05, 0.1) is 0 Å². The van der Waals surface area contributed by atoms with Crippen molar-refractivity contribution in [1.29, 1.82) is 0 Å². The second-order valence-corrected chi connectivity index (χ2v) is 2.11. The molecule has 0 saturated heterocycles. The maximum Gasteiger partial charge on any atom is -0.0285 e. The maximum atomic E-state index is 2.20. The molecular formula is C9H16. The van der Waals surface area contributed by atoms with Crippen molar-refractivity contribution in [3.63, 3.8) is 0 Å². The molecule has 0 aromatic carbocycles. The van der Waals surface area contributed by atoms with Crippen molar-refractivity contribution >= 4 is 0 Å². The fourth-order valence-corrected chi connectivity index (χ4v) is 0.827. The Hall–Kier alpha value is -0.520. The van der Waals surface area contributed by atoms with E-state index < -0.39 is 0 Å². The predicted molar refractivity (Wildman–Crippen MR) is 43.5 cm³/mol. The van der Waals surface area contributed by atoms with Gasteiger partial charge in [-0.1, -0.05) is 37.1 Å². The molecular weight excluding hydrogens is 108 g/mol. The van der Waals surface area contributed by atoms with Crippen LogP contribution in [0.4, 0.5) is 0 Å². The first-order valence-electron chi connectivity index (χ1n) is 3.63. The smallest absolute Gasteiger partial charge is 0.0285 e. The van der Waals surface area contributed by atoms with Crippen molar-refractivity contribution in [1.82, 2.24) is 0 Å². The third-order valence-electron chi connectivity index (χ3n) is 1.29. The Morgan fingerprint density at radius 1 is 1.33 bits per heavy atom. The lowest BCUT2D eigenvalue weighted by molar-refractivity contribution is 0.924. The summed E-state index contributed by atoms with van der Waals surface area (Å²) in [4.78, 5) is 0. The van der Waals surface area contributed by atoms with E-state index in [-0.39, 0.29) is 0 Å². The van der Waals surface area contributed by atoms with Crippen LogP contribution in [0.2, 0.25) is 0 Å². The van der Waals surface area contributed by atoms with Crippen LogP contribution in [0.1, 0.15) is 33.6 Å². The summed E-state index contributed by atoms with van der Waals surface area (Å²) in [6.07, 6.45) is 8.88. The van der Waals surface area contributed by atoms with Gasteiger partial charge in [-0.15, -0.1) is 0 Å². The topological polar surface area (TPSA) is 0 Å². The number of allylic oxidation sites excluding steroid dienone is 4. The zero-order valence-electron chi connectivity index (χ0n) is 6.65. The van der Waals surface area contributed by atoms with Crippen molar-refractivity contribution in [3.05, 3.63) is 23.8 Å². The van der Waals surface area contributed by atoms with Crippen LogP contribution < -0.4 is 0 Å². The standard InChI is InChI=1S/C9H16/c1-4-7-9(6-3)8-5-2/h4,6-7H,5,8H2,1-3H3/b7-4-,9-6-. The van der Waals surface area contributed by atoms with Gasteiger partial charge in [-0.3, -0.25) is 0 Å². The van der Waals surface area contributed by atoms with Crippen LogP contribution in [0, 0.1) is 0 Å². The molecule has 0 heterocycles. The Bertz CT molecular complexity index is 107. The summed E-state index contributed by atoms with van der Waals surface area (Å²) in [7, 11) is 0. The average Bonchev–Trinajstić information content (AvgIpc) is 1.88. The van der Waals surface area contributed by atoms with Gasteiger partial charge in [-0.2, -0.15) is 0 Å². The van der Waals surface area contributed by atoms with Crippen LogP contribution in [0.5, 0.6) is 0 Å². The summed E-state index contributed by atoms with van der Waals surface area (Å²) in [6, 6.07) is 0. The fraction of sp³-hybridized carbons (Fsp3) is 0.556. The molecule has 0 heteroatoms. The van der Waals surface area contributed by atoms with Crippen LogP contribution in [-0.2, 0) is 0 Å². The van der Waals surface area contributed by atoms with Gasteiger partial charge >= 0.3 is 0 Å². The van der Waals surface area contributed by atoms with Gasteiger partial charge < -0.3 is 0 Å². The van der Waals surface area contributed by atoms with Crippen LogP contribution >= 0.6 is 0 Å². The average molecular weight is 124 g/mol. The molecule has 0 atom stereocenters. The lowest BCUT2D eigenvalue weighted by atomic mass is 10.1. The third-order valence-corrected chi connectivity index (χ3v) is 1.29. The zero-order valence-corrected chi connectivity index (χ0v) is 6.65. The number of hydrogen-bond acceptors (Lipinski definition) is 0. The molecule has 0 rings (SSSR count). The molecule has 0 aliphatic carbocycles. The van der Waals surface area contributed by atoms with Crippen molar-refractivity contribution in [2.75, 3.05) is 0 Å². The molecule has 0 aliphatic rings. The van der Waals surface area contributed by atoms with Gasteiger partial charge in [0.25, 0.3) is 0 Å². The lowest BCUT2D eigenvalue weighted by Gasteiger charge is -1.94. The first-order valence-corrected chi connectivity index (χ1v) is 3.63. The zero-order chi connectivity index (χ0) is 7.11. The Balaban J connectivity index is 3.70. The monoisotopic (exact) mass is 124 g/mol. The summed E-state index contributed by atoms with van der Waals surface area (Å²) in [5, 5.41) is 0. The van der Waals surface area contributed by atoms with Gasteiger partial charge in [0.2, 0.25) is 0 Å². The van der Waals surface area contributed by atoms with Crippen molar-refractivity contribution in [3.8, 4) is 0 Å². The van der Waals surface area contributed by atoms with Crippen LogP contribution in [-0.4, -0.2) is 0 Å². The summed E-state index contributed by atoms with van der Waals surface area (Å²) in [5.41, 5.74) is 1.44. The minimum Gasteiger partial charge on any atom is -0.0874 e. The fourth-order valence-electron chi connectivity index (χ4n) is 0.827. The second-order valence-electron chi connectivity index (χ2n) is 2.11. The molecule has 0 amide bonds. The van der Waals surface area contributed by atoms with Gasteiger partial charge in [0.1, 0.15) is 0 Å². The highest BCUT2D eigenvalue weighted by Crippen LogP contribution is 2.04. The van der Waals surface area contributed by atoms with Crippen LogP contribution in [0.3, 0.4) is 0 Å². The summed E-state index contributed by atoms with van der Waals surface area (Å²) in [5.74, 6) is 0. The van der Waals surface area contributed by atoms with E-state index in [4.69, 9.17) is 0 Å². The van der Waals surface area contributed by atoms with Crippen molar-refractivity contribution in [2.45, 2.75) is 33.6 Å². The van der Waals surface area contributed by atoms with Gasteiger partial charge in [0.15, 0.2) is 0 Å². The summed E-state index contributed by atoms with van der Waals surface area (Å²) >= 11 is 0. The Kier molecular flexibility index (Phi) is 5.29. The van der Waals surface area contributed by atoms with Crippen LogP contribution in [0.25, 0.3) is 0 Å². The summed E-state index contributed by atoms with van der Waals surface area (Å²) in [6.45, 7) is 6.34. The first kappa shape index (κ1) is 8.48. The molecule has 0 fully saturated rings. The normalized spacial score (nSPS) is 13.0. The van der Waals surface area contributed by atoms with Gasteiger partial charge in [-0.05, 0) is 20.3 Å². The summed E-state index contributed by atoms with van der Waals surface area (Å²) < 4.78 is 0.